The van der Waals surface area contributed by atoms with Crippen molar-refractivity contribution in [1.29, 1.82) is 0 Å². The van der Waals surface area contributed by atoms with Gasteiger partial charge in [0.1, 0.15) is 12.7 Å². The van der Waals surface area contributed by atoms with Gasteiger partial charge in [-0.2, -0.15) is 0 Å². The number of hydrogen-bond donors (Lipinski definition) is 2. The number of aliphatic hydroxyl groups is 1. The van der Waals surface area contributed by atoms with E-state index in [2.05, 4.69) is 69.4 Å². The summed E-state index contributed by atoms with van der Waals surface area (Å²) in [4.78, 5) is 48.6. The van der Waals surface area contributed by atoms with Gasteiger partial charge in [-0.25, -0.2) is 4.57 Å². The third kappa shape index (κ3) is 55.9. The summed E-state index contributed by atoms with van der Waals surface area (Å²) < 4.78 is 39.5. The quantitative estimate of drug-likeness (QED) is 0.0197. The number of aliphatic hydroxyl groups excluding tert-OH is 1. The average molecular weight is 1090 g/mol. The van der Waals surface area contributed by atoms with E-state index in [0.29, 0.717) is 19.3 Å². The Morgan fingerprint density at radius 1 is 0.382 bits per heavy atom. The number of hydrogen-bond acceptors (Lipinski definition) is 10. The fourth-order valence-corrected chi connectivity index (χ4v) is 9.50. The third-order valence-corrected chi connectivity index (χ3v) is 14.4. The second kappa shape index (κ2) is 58.3. The molecule has 0 saturated carbocycles. The van der Waals surface area contributed by atoms with Crippen LogP contribution in [0.4, 0.5) is 0 Å². The van der Waals surface area contributed by atoms with E-state index < -0.39 is 57.8 Å². The molecule has 3 unspecified atom stereocenters. The molecule has 0 rings (SSSR count). The van der Waals surface area contributed by atoms with Crippen LogP contribution in [-0.4, -0.2) is 66.5 Å². The summed E-state index contributed by atoms with van der Waals surface area (Å²) in [5, 5.41) is 9.81. The number of rotatable bonds is 58. The zero-order chi connectivity index (χ0) is 55.5. The molecule has 0 aliphatic carbocycles. The van der Waals surface area contributed by atoms with Crippen molar-refractivity contribution in [3.8, 4) is 0 Å². The zero-order valence-electron chi connectivity index (χ0n) is 49.0. The summed E-state index contributed by atoms with van der Waals surface area (Å²) in [6.07, 6.45) is 64.8. The van der Waals surface area contributed by atoms with E-state index >= 15 is 0 Å². The molecule has 0 spiro atoms. The first-order chi connectivity index (χ1) is 37.2. The normalized spacial score (nSPS) is 13.7. The van der Waals surface area contributed by atoms with Crippen LogP contribution in [0, 0.1) is 0 Å². The smallest absolute Gasteiger partial charge is 0.462 e. The Kier molecular flexibility index (Phi) is 56.2. The van der Waals surface area contributed by atoms with Crippen LogP contribution in [0.15, 0.2) is 60.8 Å². The molecule has 12 heteroatoms. The van der Waals surface area contributed by atoms with Crippen molar-refractivity contribution in [2.45, 2.75) is 303 Å². The van der Waals surface area contributed by atoms with Gasteiger partial charge in [0.2, 0.25) is 0 Å². The van der Waals surface area contributed by atoms with Gasteiger partial charge >= 0.3 is 25.7 Å². The molecule has 11 nitrogen and oxygen atoms in total. The lowest BCUT2D eigenvalue weighted by molar-refractivity contribution is -0.161. The Morgan fingerprint density at radius 2 is 0.711 bits per heavy atom. The monoisotopic (exact) mass is 1090 g/mol. The number of allylic oxidation sites excluding steroid dienone is 10. The summed E-state index contributed by atoms with van der Waals surface area (Å²) in [6.45, 7) is 4.49. The maximum absolute atomic E-state index is 12.9. The van der Waals surface area contributed by atoms with Crippen molar-refractivity contribution < 1.29 is 52.2 Å². The first-order valence-electron chi connectivity index (χ1n) is 31.2. The molecule has 0 aromatic heterocycles. The van der Waals surface area contributed by atoms with Gasteiger partial charge in [0.05, 0.1) is 19.8 Å². The van der Waals surface area contributed by atoms with E-state index in [1.807, 2.05) is 12.2 Å². The standard InChI is InChI=1S/C64H115O11P/c1-4-7-10-13-16-19-22-25-27-29-30-32-34-37-40-43-46-49-52-55-64(68)75-61(57-71-62(66)53-50-47-44-41-38-36-33-31-28-26-23-20-17-14-11-8-5-2)59-73-76(69,70)72-58-60(56-65)74-63(67)54-51-48-45-42-39-35-24-21-18-15-12-9-6-3/h9,12,18,21,25,27,35,39,45,48,60-61,65H,4-8,10-11,13-17,19-20,22-24,26,28-34,36-38,40-44,46-47,49-59H2,1-3H3,(H,69,70)/b12-9-,21-18-,27-25-,39-35-,48-45-. The molecule has 76 heavy (non-hydrogen) atoms. The van der Waals surface area contributed by atoms with Crippen LogP contribution in [0.1, 0.15) is 290 Å². The Bertz CT molecular complexity index is 1510. The van der Waals surface area contributed by atoms with E-state index in [4.69, 9.17) is 23.3 Å². The number of phosphoric acid groups is 1. The molecule has 0 bridgehead atoms. The van der Waals surface area contributed by atoms with Crippen molar-refractivity contribution in [2.75, 3.05) is 26.4 Å². The average Bonchev–Trinajstić information content (AvgIpc) is 3.41. The number of phosphoric ester groups is 1. The van der Waals surface area contributed by atoms with Crippen LogP contribution >= 0.6 is 7.82 Å². The Labute approximate surface area is 465 Å². The van der Waals surface area contributed by atoms with Crippen molar-refractivity contribution >= 4 is 25.7 Å². The minimum atomic E-state index is -4.77. The van der Waals surface area contributed by atoms with Gasteiger partial charge in [0.15, 0.2) is 6.10 Å². The van der Waals surface area contributed by atoms with E-state index in [-0.39, 0.29) is 25.9 Å². The molecule has 0 aliphatic rings. The van der Waals surface area contributed by atoms with E-state index in [0.717, 1.165) is 64.2 Å². The molecule has 0 saturated heterocycles. The van der Waals surface area contributed by atoms with Crippen LogP contribution < -0.4 is 0 Å². The third-order valence-electron chi connectivity index (χ3n) is 13.4. The van der Waals surface area contributed by atoms with Crippen LogP contribution in [0.2, 0.25) is 0 Å². The van der Waals surface area contributed by atoms with E-state index in [9.17, 15) is 28.9 Å². The first-order valence-corrected chi connectivity index (χ1v) is 32.7. The molecule has 0 aromatic carbocycles. The predicted octanol–water partition coefficient (Wildman–Crippen LogP) is 18.7. The van der Waals surface area contributed by atoms with Crippen LogP contribution in [0.5, 0.6) is 0 Å². The number of unbranched alkanes of at least 4 members (excludes halogenated alkanes) is 31. The van der Waals surface area contributed by atoms with E-state index in [1.54, 1.807) is 0 Å². The minimum Gasteiger partial charge on any atom is -0.462 e. The van der Waals surface area contributed by atoms with Gasteiger partial charge in [-0.3, -0.25) is 23.4 Å². The molecule has 0 aromatic rings. The molecule has 0 heterocycles. The van der Waals surface area contributed by atoms with Gasteiger partial charge in [0, 0.05) is 19.3 Å². The predicted molar refractivity (Wildman–Crippen MR) is 316 cm³/mol. The molecule has 0 fully saturated rings. The van der Waals surface area contributed by atoms with Crippen LogP contribution in [0.25, 0.3) is 0 Å². The summed E-state index contributed by atoms with van der Waals surface area (Å²) in [7, 11) is -4.77. The molecular formula is C64H115O11P. The Balaban J connectivity index is 4.73. The Hall–Kier alpha value is -2.82. The van der Waals surface area contributed by atoms with Crippen LogP contribution in [-0.2, 0) is 42.2 Å². The fraction of sp³-hybridized carbons (Fsp3) is 0.797. The number of ether oxygens (including phenoxy) is 3. The number of esters is 3. The van der Waals surface area contributed by atoms with Gasteiger partial charge in [-0.15, -0.1) is 0 Å². The highest BCUT2D eigenvalue weighted by Gasteiger charge is 2.28. The van der Waals surface area contributed by atoms with E-state index in [1.165, 1.54) is 167 Å². The maximum Gasteiger partial charge on any atom is 0.472 e. The summed E-state index contributed by atoms with van der Waals surface area (Å²) >= 11 is 0. The van der Waals surface area contributed by atoms with Gasteiger partial charge in [0.25, 0.3) is 0 Å². The number of carbonyl (C=O) groups is 3. The van der Waals surface area contributed by atoms with Crippen molar-refractivity contribution in [3.05, 3.63) is 60.8 Å². The summed E-state index contributed by atoms with van der Waals surface area (Å²) in [6, 6.07) is 0. The minimum absolute atomic E-state index is 0.0567. The van der Waals surface area contributed by atoms with Crippen molar-refractivity contribution in [3.63, 3.8) is 0 Å². The highest BCUT2D eigenvalue weighted by Crippen LogP contribution is 2.43. The first kappa shape index (κ1) is 73.2. The second-order valence-corrected chi connectivity index (χ2v) is 22.3. The highest BCUT2D eigenvalue weighted by molar-refractivity contribution is 7.47. The number of carbonyl (C=O) groups excluding carboxylic acids is 3. The lowest BCUT2D eigenvalue weighted by atomic mass is 10.0. The molecule has 0 radical (unpaired) electrons. The van der Waals surface area contributed by atoms with Crippen LogP contribution in [0.3, 0.4) is 0 Å². The molecule has 0 amide bonds. The lowest BCUT2D eigenvalue weighted by Crippen LogP contribution is -2.30. The molecule has 3 atom stereocenters. The molecule has 0 aliphatic heterocycles. The fourth-order valence-electron chi connectivity index (χ4n) is 8.72. The topological polar surface area (TPSA) is 155 Å². The summed E-state index contributed by atoms with van der Waals surface area (Å²) in [5.41, 5.74) is 0. The summed E-state index contributed by atoms with van der Waals surface area (Å²) in [5.74, 6) is -1.54. The second-order valence-electron chi connectivity index (χ2n) is 20.8. The maximum atomic E-state index is 12.9. The Morgan fingerprint density at radius 3 is 1.13 bits per heavy atom. The van der Waals surface area contributed by atoms with Gasteiger partial charge in [-0.1, -0.05) is 261 Å². The highest BCUT2D eigenvalue weighted by atomic mass is 31.2. The molecule has 442 valence electrons. The SMILES string of the molecule is CC/C=C\C/C=C\C/C=C\C/C=C\CCC(=O)OC(CO)COP(=O)(O)OCC(COC(=O)CCCCCCCCCCCCCCCCCCC)OC(=O)CCCCCCCCCCC/C=C\CCCCCCCC. The largest absolute Gasteiger partial charge is 0.472 e. The van der Waals surface area contributed by atoms with Gasteiger partial charge in [-0.05, 0) is 70.6 Å². The van der Waals surface area contributed by atoms with Crippen molar-refractivity contribution in [1.82, 2.24) is 0 Å². The molecule has 2 N–H and O–H groups in total. The lowest BCUT2D eigenvalue weighted by Gasteiger charge is -2.21. The van der Waals surface area contributed by atoms with Crippen molar-refractivity contribution in [2.24, 2.45) is 0 Å². The molecular weight excluding hydrogens is 976 g/mol. The zero-order valence-corrected chi connectivity index (χ0v) is 49.9. The van der Waals surface area contributed by atoms with Gasteiger partial charge < -0.3 is 24.2 Å².